The summed E-state index contributed by atoms with van der Waals surface area (Å²) in [6.07, 6.45) is 0.656. The number of amides is 2. The fourth-order valence-corrected chi connectivity index (χ4v) is 2.56. The van der Waals surface area contributed by atoms with Gasteiger partial charge < -0.3 is 25.0 Å². The van der Waals surface area contributed by atoms with Gasteiger partial charge in [0.05, 0.1) is 6.10 Å². The fourth-order valence-electron chi connectivity index (χ4n) is 2.56. The minimum absolute atomic E-state index is 0.135. The minimum atomic E-state index is -0.558. The smallest absolute Gasteiger partial charge is 0.312 e. The Bertz CT molecular complexity index is 902. The summed E-state index contributed by atoms with van der Waals surface area (Å²) in [4.78, 5) is 10.7. The first-order valence-electron chi connectivity index (χ1n) is 9.03. The maximum atomic E-state index is 10.7. The Morgan fingerprint density at radius 3 is 2.29 bits per heavy atom. The topological polar surface area (TPSA) is 99.6 Å². The molecule has 0 atom stereocenters. The van der Waals surface area contributed by atoms with Crippen molar-refractivity contribution in [3.05, 3.63) is 60.4 Å². The van der Waals surface area contributed by atoms with Crippen molar-refractivity contribution in [3.63, 3.8) is 0 Å². The average Bonchev–Trinajstić information content (AvgIpc) is 3.12. The molecule has 0 aliphatic rings. The van der Waals surface area contributed by atoms with Gasteiger partial charge in [0.15, 0.2) is 0 Å². The van der Waals surface area contributed by atoms with E-state index < -0.39 is 6.03 Å². The number of ether oxygens (including phenoxy) is 2. The lowest BCUT2D eigenvalue weighted by Crippen LogP contribution is -2.30. The molecule has 0 saturated carbocycles. The monoisotopic (exact) mass is 381 g/mol. The third-order valence-corrected chi connectivity index (χ3v) is 3.81. The van der Waals surface area contributed by atoms with E-state index in [1.54, 1.807) is 0 Å². The van der Waals surface area contributed by atoms with Crippen molar-refractivity contribution in [1.29, 1.82) is 0 Å². The quantitative estimate of drug-likeness (QED) is 0.611. The van der Waals surface area contributed by atoms with Gasteiger partial charge in [0, 0.05) is 24.6 Å². The lowest BCUT2D eigenvalue weighted by atomic mass is 10.1. The van der Waals surface area contributed by atoms with Crippen molar-refractivity contribution in [1.82, 2.24) is 10.5 Å². The van der Waals surface area contributed by atoms with Gasteiger partial charge in [-0.25, -0.2) is 4.79 Å². The Kier molecular flexibility index (Phi) is 6.16. The summed E-state index contributed by atoms with van der Waals surface area (Å²) in [5.74, 6) is 2.93. The molecule has 0 unspecified atom stereocenters. The molecule has 1 aromatic heterocycles. The number of hydrogen-bond acceptors (Lipinski definition) is 5. The van der Waals surface area contributed by atoms with E-state index in [1.165, 1.54) is 0 Å². The normalized spacial score (nSPS) is 10.7. The highest BCUT2D eigenvalue weighted by Gasteiger charge is 2.08. The predicted molar refractivity (Wildman–Crippen MR) is 106 cm³/mol. The molecule has 0 radical (unpaired) electrons. The van der Waals surface area contributed by atoms with Gasteiger partial charge in [-0.05, 0) is 62.4 Å². The van der Waals surface area contributed by atoms with Crippen molar-refractivity contribution in [2.45, 2.75) is 26.4 Å². The third-order valence-electron chi connectivity index (χ3n) is 3.81. The Morgan fingerprint density at radius 2 is 1.68 bits per heavy atom. The van der Waals surface area contributed by atoms with E-state index in [9.17, 15) is 4.79 Å². The fraction of sp³-hybridized carbons (Fsp3) is 0.238. The van der Waals surface area contributed by atoms with Gasteiger partial charge in [0.25, 0.3) is 0 Å². The number of rotatable bonds is 8. The molecule has 0 bridgehead atoms. The van der Waals surface area contributed by atoms with Crippen LogP contribution in [0.15, 0.2) is 59.1 Å². The van der Waals surface area contributed by atoms with Crippen molar-refractivity contribution in [2.75, 3.05) is 6.54 Å². The number of hydrogen-bond donors (Lipinski definition) is 2. The van der Waals surface area contributed by atoms with Gasteiger partial charge in [-0.1, -0.05) is 5.16 Å². The summed E-state index contributed by atoms with van der Waals surface area (Å²) in [7, 11) is 0. The number of primary amides is 1. The highest BCUT2D eigenvalue weighted by molar-refractivity contribution is 5.71. The Hall–Kier alpha value is -3.48. The van der Waals surface area contributed by atoms with Gasteiger partial charge >= 0.3 is 6.03 Å². The molecule has 2 amide bonds. The molecule has 0 fully saturated rings. The molecule has 3 rings (SSSR count). The highest BCUT2D eigenvalue weighted by atomic mass is 16.5. The average molecular weight is 381 g/mol. The molecule has 146 valence electrons. The van der Waals surface area contributed by atoms with E-state index >= 15 is 0 Å². The summed E-state index contributed by atoms with van der Waals surface area (Å²) in [6.45, 7) is 4.38. The second-order valence-corrected chi connectivity index (χ2v) is 6.48. The number of nitrogens with zero attached hydrogens (tertiary/aromatic N) is 1. The lowest BCUT2D eigenvalue weighted by Gasteiger charge is -2.10. The number of nitrogens with two attached hydrogens (primary N) is 1. The van der Waals surface area contributed by atoms with E-state index in [2.05, 4.69) is 10.5 Å². The minimum Gasteiger partial charge on any atom is -0.491 e. The number of carbonyl (C=O) groups excluding carboxylic acids is 1. The van der Waals surface area contributed by atoms with Gasteiger partial charge in [-0.3, -0.25) is 0 Å². The standard InChI is InChI=1S/C21H23N3O4/c1-14(2)26-16-7-9-18(10-8-16)27-17-5-3-15(4-6-17)20-13-19(28-24-20)11-12-23-21(22)25/h3-10,13-14H,11-12H2,1-2H3,(H3,22,23,25). The number of urea groups is 1. The van der Waals surface area contributed by atoms with Crippen molar-refractivity contribution < 1.29 is 18.8 Å². The second-order valence-electron chi connectivity index (χ2n) is 6.48. The van der Waals surface area contributed by atoms with Crippen LogP contribution in [0.1, 0.15) is 19.6 Å². The van der Waals surface area contributed by atoms with Crippen LogP contribution in [0.4, 0.5) is 4.79 Å². The molecule has 1 heterocycles. The molecule has 0 saturated heterocycles. The van der Waals surface area contributed by atoms with E-state index in [0.29, 0.717) is 18.7 Å². The van der Waals surface area contributed by atoms with E-state index in [1.807, 2.05) is 68.4 Å². The predicted octanol–water partition coefficient (Wildman–Crippen LogP) is 4.13. The molecule has 0 aliphatic carbocycles. The van der Waals surface area contributed by atoms with Crippen LogP contribution in [0.2, 0.25) is 0 Å². The third kappa shape index (κ3) is 5.51. The summed E-state index contributed by atoms with van der Waals surface area (Å²) in [5.41, 5.74) is 6.66. The van der Waals surface area contributed by atoms with Crippen LogP contribution >= 0.6 is 0 Å². The van der Waals surface area contributed by atoms with Gasteiger partial charge in [0.1, 0.15) is 28.7 Å². The summed E-state index contributed by atoms with van der Waals surface area (Å²) in [5, 5.41) is 6.57. The van der Waals surface area contributed by atoms with Gasteiger partial charge in [0.2, 0.25) is 0 Å². The number of carbonyl (C=O) groups is 1. The van der Waals surface area contributed by atoms with E-state index in [-0.39, 0.29) is 6.10 Å². The molecular formula is C21H23N3O4. The molecule has 7 heteroatoms. The molecule has 3 N–H and O–H groups in total. The first-order valence-corrected chi connectivity index (χ1v) is 9.03. The summed E-state index contributed by atoms with van der Waals surface area (Å²) < 4.78 is 16.8. The SMILES string of the molecule is CC(C)Oc1ccc(Oc2ccc(-c3cc(CCNC(N)=O)on3)cc2)cc1. The van der Waals surface area contributed by atoms with Crippen LogP contribution < -0.4 is 20.5 Å². The number of nitrogens with one attached hydrogen (secondary N) is 1. The molecule has 28 heavy (non-hydrogen) atoms. The van der Waals surface area contributed by atoms with Crippen molar-refractivity contribution >= 4 is 6.03 Å². The maximum Gasteiger partial charge on any atom is 0.312 e. The van der Waals surface area contributed by atoms with Crippen LogP contribution in [0.5, 0.6) is 17.2 Å². The largest absolute Gasteiger partial charge is 0.491 e. The molecule has 7 nitrogen and oxygen atoms in total. The molecule has 0 spiro atoms. The van der Waals surface area contributed by atoms with Gasteiger partial charge in [-0.2, -0.15) is 0 Å². The molecule has 2 aromatic carbocycles. The van der Waals surface area contributed by atoms with Crippen LogP contribution in [0, 0.1) is 0 Å². The Balaban J connectivity index is 1.59. The van der Waals surface area contributed by atoms with Crippen molar-refractivity contribution in [3.8, 4) is 28.5 Å². The van der Waals surface area contributed by atoms with Gasteiger partial charge in [-0.15, -0.1) is 0 Å². The van der Waals surface area contributed by atoms with Crippen LogP contribution in [-0.2, 0) is 6.42 Å². The number of benzene rings is 2. The highest BCUT2D eigenvalue weighted by Crippen LogP contribution is 2.27. The summed E-state index contributed by atoms with van der Waals surface area (Å²) >= 11 is 0. The Morgan fingerprint density at radius 1 is 1.07 bits per heavy atom. The van der Waals surface area contributed by atoms with Crippen molar-refractivity contribution in [2.24, 2.45) is 5.73 Å². The van der Waals surface area contributed by atoms with Crippen LogP contribution in [0.25, 0.3) is 11.3 Å². The molecular weight excluding hydrogens is 358 g/mol. The van der Waals surface area contributed by atoms with E-state index in [4.69, 9.17) is 19.7 Å². The second kappa shape index (κ2) is 8.94. The molecule has 0 aliphatic heterocycles. The van der Waals surface area contributed by atoms with Crippen LogP contribution in [0.3, 0.4) is 0 Å². The zero-order chi connectivity index (χ0) is 19.9. The zero-order valence-corrected chi connectivity index (χ0v) is 15.8. The number of aromatic nitrogens is 1. The summed E-state index contributed by atoms with van der Waals surface area (Å²) in [6, 6.07) is 16.4. The first-order chi connectivity index (χ1) is 13.5. The molecule has 3 aromatic rings. The Labute approximate surface area is 163 Å². The first kappa shape index (κ1) is 19.3. The van der Waals surface area contributed by atoms with E-state index in [0.717, 1.165) is 28.5 Å². The van der Waals surface area contributed by atoms with Crippen LogP contribution in [-0.4, -0.2) is 23.8 Å². The maximum absolute atomic E-state index is 10.7. The lowest BCUT2D eigenvalue weighted by molar-refractivity contribution is 0.242. The zero-order valence-electron chi connectivity index (χ0n) is 15.8.